The van der Waals surface area contributed by atoms with Crippen LogP contribution in [0.15, 0.2) is 12.3 Å². The molecule has 1 aromatic heterocycles. The summed E-state index contributed by atoms with van der Waals surface area (Å²) >= 11 is 0. The van der Waals surface area contributed by atoms with Crippen molar-refractivity contribution in [2.24, 2.45) is 7.05 Å². The topological polar surface area (TPSA) is 88.4 Å². The molecule has 0 bridgehead atoms. The first-order chi connectivity index (χ1) is 8.81. The van der Waals surface area contributed by atoms with Crippen molar-refractivity contribution < 1.29 is 19.5 Å². The number of aliphatic carboxylic acids is 1. The Morgan fingerprint density at radius 1 is 1.42 bits per heavy atom. The molecule has 1 amide bonds. The Hall–Kier alpha value is -2.11. The van der Waals surface area contributed by atoms with Gasteiger partial charge < -0.3 is 15.0 Å². The Morgan fingerprint density at radius 3 is 2.53 bits per heavy atom. The predicted molar refractivity (Wildman–Crippen MR) is 69.2 cm³/mol. The van der Waals surface area contributed by atoms with Gasteiger partial charge in [-0.3, -0.25) is 14.4 Å². The third-order valence-electron chi connectivity index (χ3n) is 2.81. The molecule has 6 heteroatoms. The van der Waals surface area contributed by atoms with E-state index in [1.807, 2.05) is 0 Å². The number of carboxylic acids is 1. The molecular formula is C13H18N2O4. The second-order valence-electron chi connectivity index (χ2n) is 4.59. The van der Waals surface area contributed by atoms with Crippen molar-refractivity contribution in [2.45, 2.75) is 32.7 Å². The first kappa shape index (κ1) is 14.9. The Morgan fingerprint density at radius 2 is 2.05 bits per heavy atom. The molecule has 6 nitrogen and oxygen atoms in total. The number of nitrogens with one attached hydrogen (secondary N) is 1. The highest BCUT2D eigenvalue weighted by molar-refractivity contribution is 5.99. The largest absolute Gasteiger partial charge is 0.481 e. The number of hydrogen-bond acceptors (Lipinski definition) is 3. The van der Waals surface area contributed by atoms with Crippen LogP contribution in [-0.4, -0.2) is 33.4 Å². The normalized spacial score (nSPS) is 11.9. The van der Waals surface area contributed by atoms with Crippen LogP contribution in [0.3, 0.4) is 0 Å². The van der Waals surface area contributed by atoms with Crippen LogP contribution in [0.1, 0.15) is 47.5 Å². The number of carbonyl (C=O) groups excluding carboxylic acids is 2. The third-order valence-corrected chi connectivity index (χ3v) is 2.81. The van der Waals surface area contributed by atoms with Crippen LogP contribution in [0.25, 0.3) is 0 Å². The van der Waals surface area contributed by atoms with E-state index in [-0.39, 0.29) is 24.2 Å². The van der Waals surface area contributed by atoms with E-state index in [9.17, 15) is 14.4 Å². The van der Waals surface area contributed by atoms with E-state index in [1.54, 1.807) is 24.7 Å². The summed E-state index contributed by atoms with van der Waals surface area (Å²) in [7, 11) is 1.68. The van der Waals surface area contributed by atoms with E-state index in [1.165, 1.54) is 13.0 Å². The number of amides is 1. The zero-order valence-electron chi connectivity index (χ0n) is 11.3. The summed E-state index contributed by atoms with van der Waals surface area (Å²) in [6.07, 6.45) is 1.97. The van der Waals surface area contributed by atoms with E-state index < -0.39 is 5.97 Å². The lowest BCUT2D eigenvalue weighted by atomic mass is 10.1. The second kappa shape index (κ2) is 6.17. The van der Waals surface area contributed by atoms with Gasteiger partial charge in [-0.2, -0.15) is 0 Å². The molecule has 0 aliphatic heterocycles. The third kappa shape index (κ3) is 4.24. The second-order valence-corrected chi connectivity index (χ2v) is 4.59. The van der Waals surface area contributed by atoms with E-state index in [0.717, 1.165) is 0 Å². The van der Waals surface area contributed by atoms with E-state index >= 15 is 0 Å². The Balaban J connectivity index is 2.67. The smallest absolute Gasteiger partial charge is 0.303 e. The van der Waals surface area contributed by atoms with Crippen LogP contribution in [0.2, 0.25) is 0 Å². The summed E-state index contributed by atoms with van der Waals surface area (Å²) in [6, 6.07) is 1.29. The van der Waals surface area contributed by atoms with Gasteiger partial charge in [-0.1, -0.05) is 0 Å². The molecule has 104 valence electrons. The number of aryl methyl sites for hydroxylation is 1. The van der Waals surface area contributed by atoms with Crippen molar-refractivity contribution in [3.8, 4) is 0 Å². The van der Waals surface area contributed by atoms with Crippen molar-refractivity contribution in [1.29, 1.82) is 0 Å². The van der Waals surface area contributed by atoms with Crippen molar-refractivity contribution in [3.05, 3.63) is 23.5 Å². The van der Waals surface area contributed by atoms with Gasteiger partial charge in [0, 0.05) is 31.3 Å². The van der Waals surface area contributed by atoms with Crippen molar-refractivity contribution in [3.63, 3.8) is 0 Å². The molecule has 0 saturated carbocycles. The number of carbonyl (C=O) groups is 3. The first-order valence-electron chi connectivity index (χ1n) is 6.01. The molecule has 0 saturated heterocycles. The minimum absolute atomic E-state index is 0.00722. The predicted octanol–water partition coefficient (Wildman–Crippen LogP) is 1.21. The fourth-order valence-electron chi connectivity index (χ4n) is 1.69. The lowest BCUT2D eigenvalue weighted by molar-refractivity contribution is -0.137. The molecule has 1 unspecified atom stereocenters. The van der Waals surface area contributed by atoms with Crippen LogP contribution < -0.4 is 5.32 Å². The standard InChI is InChI=1S/C13H18N2O4/c1-8(4-5-12(17)18)14-13(19)11-6-10(9(2)16)7-15(11)3/h6-8H,4-5H2,1-3H3,(H,14,19)(H,17,18). The van der Waals surface area contributed by atoms with Gasteiger partial charge in [0.1, 0.15) is 5.69 Å². The summed E-state index contributed by atoms with van der Waals surface area (Å²) < 4.78 is 1.58. The van der Waals surface area contributed by atoms with E-state index in [4.69, 9.17) is 5.11 Å². The van der Waals surface area contributed by atoms with Gasteiger partial charge in [-0.15, -0.1) is 0 Å². The molecule has 2 N–H and O–H groups in total. The lowest BCUT2D eigenvalue weighted by Crippen LogP contribution is -2.33. The van der Waals surface area contributed by atoms with Crippen molar-refractivity contribution in [1.82, 2.24) is 9.88 Å². The molecule has 1 aromatic rings. The number of ketones is 1. The number of aromatic nitrogens is 1. The summed E-state index contributed by atoms with van der Waals surface area (Å²) in [4.78, 5) is 33.6. The molecule has 0 fully saturated rings. The number of rotatable bonds is 6. The lowest BCUT2D eigenvalue weighted by Gasteiger charge is -2.12. The maximum absolute atomic E-state index is 12.0. The molecule has 19 heavy (non-hydrogen) atoms. The van der Waals surface area contributed by atoms with Crippen LogP contribution in [0.4, 0.5) is 0 Å². The molecule has 0 aromatic carbocycles. The van der Waals surface area contributed by atoms with Crippen LogP contribution >= 0.6 is 0 Å². The van der Waals surface area contributed by atoms with Crippen LogP contribution in [-0.2, 0) is 11.8 Å². The molecule has 0 aliphatic carbocycles. The van der Waals surface area contributed by atoms with Gasteiger partial charge in [0.2, 0.25) is 0 Å². The monoisotopic (exact) mass is 266 g/mol. The maximum Gasteiger partial charge on any atom is 0.303 e. The Bertz CT molecular complexity index is 505. The van der Waals surface area contributed by atoms with Crippen LogP contribution in [0, 0.1) is 0 Å². The molecule has 0 radical (unpaired) electrons. The van der Waals surface area contributed by atoms with Crippen LogP contribution in [0.5, 0.6) is 0 Å². The van der Waals surface area contributed by atoms with Gasteiger partial charge in [0.15, 0.2) is 5.78 Å². The minimum atomic E-state index is -0.890. The van der Waals surface area contributed by atoms with Gasteiger partial charge in [-0.05, 0) is 26.3 Å². The van der Waals surface area contributed by atoms with Gasteiger partial charge in [-0.25, -0.2) is 0 Å². The average molecular weight is 266 g/mol. The molecule has 1 heterocycles. The molecular weight excluding hydrogens is 248 g/mol. The molecule has 1 atom stereocenters. The SMILES string of the molecule is CC(=O)c1cc(C(=O)NC(C)CCC(=O)O)n(C)c1. The Labute approximate surface area is 111 Å². The zero-order chi connectivity index (χ0) is 14.6. The minimum Gasteiger partial charge on any atom is -0.481 e. The molecule has 0 spiro atoms. The summed E-state index contributed by atoms with van der Waals surface area (Å²) in [6.45, 7) is 3.18. The van der Waals surface area contributed by atoms with Crippen molar-refractivity contribution in [2.75, 3.05) is 0 Å². The highest BCUT2D eigenvalue weighted by atomic mass is 16.4. The van der Waals surface area contributed by atoms with Gasteiger partial charge in [0.25, 0.3) is 5.91 Å². The molecule has 1 rings (SSSR count). The summed E-state index contributed by atoms with van der Waals surface area (Å²) in [5, 5.41) is 11.3. The van der Waals surface area contributed by atoms with E-state index in [2.05, 4.69) is 5.32 Å². The number of nitrogens with zero attached hydrogens (tertiary/aromatic N) is 1. The first-order valence-corrected chi connectivity index (χ1v) is 6.01. The zero-order valence-corrected chi connectivity index (χ0v) is 11.3. The summed E-state index contributed by atoms with van der Waals surface area (Å²) in [5.41, 5.74) is 0.859. The maximum atomic E-state index is 12.0. The number of carboxylic acid groups (broad SMARTS) is 1. The number of Topliss-reactive ketones (excluding diaryl/α,β-unsaturated/α-hetero) is 1. The van der Waals surface area contributed by atoms with Crippen molar-refractivity contribution >= 4 is 17.7 Å². The quantitative estimate of drug-likeness (QED) is 0.757. The van der Waals surface area contributed by atoms with E-state index in [0.29, 0.717) is 17.7 Å². The highest BCUT2D eigenvalue weighted by Crippen LogP contribution is 2.09. The Kier molecular flexibility index (Phi) is 4.86. The highest BCUT2D eigenvalue weighted by Gasteiger charge is 2.16. The number of hydrogen-bond donors (Lipinski definition) is 2. The summed E-state index contributed by atoms with van der Waals surface area (Å²) in [5.74, 6) is -1.31. The average Bonchev–Trinajstić information content (AvgIpc) is 2.69. The van der Waals surface area contributed by atoms with Gasteiger partial charge >= 0.3 is 5.97 Å². The molecule has 0 aliphatic rings. The fraction of sp³-hybridized carbons (Fsp3) is 0.462. The van der Waals surface area contributed by atoms with Gasteiger partial charge in [0.05, 0.1) is 0 Å². The fourth-order valence-corrected chi connectivity index (χ4v) is 1.69.